The molecule has 21 heavy (non-hydrogen) atoms. The fraction of sp³-hybridized carbons (Fsp3) is 0.438. The molecule has 112 valence electrons. The van der Waals surface area contributed by atoms with Crippen LogP contribution in [0.3, 0.4) is 0 Å². The van der Waals surface area contributed by atoms with Crippen LogP contribution in [-0.4, -0.2) is 9.78 Å². The average molecular weight is 416 g/mol. The number of hydrogen-bond acceptors (Lipinski definition) is 2. The highest BCUT2D eigenvalue weighted by Crippen LogP contribution is 2.28. The second-order valence-electron chi connectivity index (χ2n) is 5.56. The third-order valence-corrected chi connectivity index (χ3v) is 4.99. The topological polar surface area (TPSA) is 29.9 Å². The van der Waals surface area contributed by atoms with E-state index in [1.807, 2.05) is 12.1 Å². The van der Waals surface area contributed by atoms with Gasteiger partial charge in [-0.3, -0.25) is 4.68 Å². The van der Waals surface area contributed by atoms with Crippen LogP contribution >= 0.6 is 34.2 Å². The lowest BCUT2D eigenvalue weighted by Crippen LogP contribution is -2.13. The molecule has 0 radical (unpaired) electrons. The predicted octanol–water partition coefficient (Wildman–Crippen LogP) is 5.26. The van der Waals surface area contributed by atoms with Gasteiger partial charge < -0.3 is 5.32 Å². The molecule has 0 unspecified atom stereocenters. The summed E-state index contributed by atoms with van der Waals surface area (Å²) >= 11 is 8.49. The van der Waals surface area contributed by atoms with E-state index in [4.69, 9.17) is 16.7 Å². The molecule has 1 heterocycles. The molecular weight excluding hydrogens is 397 g/mol. The minimum absolute atomic E-state index is 0.592. The van der Waals surface area contributed by atoms with Gasteiger partial charge in [0.25, 0.3) is 0 Å². The molecule has 1 aromatic heterocycles. The van der Waals surface area contributed by atoms with Gasteiger partial charge in [0.2, 0.25) is 0 Å². The van der Waals surface area contributed by atoms with Gasteiger partial charge >= 0.3 is 0 Å². The normalized spacial score (nSPS) is 16.1. The first-order valence-electron chi connectivity index (χ1n) is 7.45. The van der Waals surface area contributed by atoms with Crippen molar-refractivity contribution >= 4 is 39.9 Å². The van der Waals surface area contributed by atoms with Crippen LogP contribution in [-0.2, 0) is 6.54 Å². The molecule has 3 nitrogen and oxygen atoms in total. The van der Waals surface area contributed by atoms with Crippen LogP contribution in [0.2, 0.25) is 5.02 Å². The van der Waals surface area contributed by atoms with E-state index in [0.717, 1.165) is 20.0 Å². The summed E-state index contributed by atoms with van der Waals surface area (Å²) in [4.78, 5) is 0. The molecule has 1 fully saturated rings. The zero-order valence-electron chi connectivity index (χ0n) is 11.9. The van der Waals surface area contributed by atoms with Crippen LogP contribution in [0, 0.1) is 3.57 Å². The number of halogens is 2. The van der Waals surface area contributed by atoms with Crippen LogP contribution in [0.5, 0.6) is 0 Å². The van der Waals surface area contributed by atoms with Gasteiger partial charge in [-0.15, -0.1) is 0 Å². The van der Waals surface area contributed by atoms with Crippen LogP contribution in [0.15, 0.2) is 30.5 Å². The quantitative estimate of drug-likeness (QED) is 0.690. The SMILES string of the molecule is Clc1cc(I)ccc1NCc1ccn(C2CCCCC2)n1. The molecule has 2 aromatic rings. The molecule has 1 aliphatic carbocycles. The smallest absolute Gasteiger partial charge is 0.0815 e. The van der Waals surface area contributed by atoms with Gasteiger partial charge in [-0.1, -0.05) is 30.9 Å². The van der Waals surface area contributed by atoms with Crippen molar-refractivity contribution in [3.8, 4) is 0 Å². The van der Waals surface area contributed by atoms with E-state index in [-0.39, 0.29) is 0 Å². The molecule has 1 N–H and O–H groups in total. The maximum Gasteiger partial charge on any atom is 0.0815 e. The highest BCUT2D eigenvalue weighted by Gasteiger charge is 2.15. The second-order valence-corrected chi connectivity index (χ2v) is 7.21. The van der Waals surface area contributed by atoms with E-state index in [1.165, 1.54) is 32.1 Å². The Morgan fingerprint density at radius 1 is 1.24 bits per heavy atom. The molecule has 1 aliphatic rings. The highest BCUT2D eigenvalue weighted by molar-refractivity contribution is 14.1. The summed E-state index contributed by atoms with van der Waals surface area (Å²) in [6, 6.07) is 8.72. The number of nitrogens with one attached hydrogen (secondary N) is 1. The van der Waals surface area contributed by atoms with Gasteiger partial charge in [0, 0.05) is 9.77 Å². The first-order chi connectivity index (χ1) is 10.2. The van der Waals surface area contributed by atoms with Crippen molar-refractivity contribution < 1.29 is 0 Å². The van der Waals surface area contributed by atoms with Gasteiger partial charge in [0.15, 0.2) is 0 Å². The second kappa shape index (κ2) is 7.01. The minimum atomic E-state index is 0.592. The molecule has 0 spiro atoms. The summed E-state index contributed by atoms with van der Waals surface area (Å²) in [6.45, 7) is 0.708. The molecule has 1 aromatic carbocycles. The molecule has 3 rings (SSSR count). The molecule has 0 atom stereocenters. The van der Waals surface area contributed by atoms with Crippen molar-refractivity contribution in [3.63, 3.8) is 0 Å². The van der Waals surface area contributed by atoms with E-state index in [2.05, 4.69) is 50.9 Å². The maximum atomic E-state index is 6.23. The Hall–Kier alpha value is -0.750. The molecule has 5 heteroatoms. The van der Waals surface area contributed by atoms with E-state index in [1.54, 1.807) is 0 Å². The molecule has 1 saturated carbocycles. The molecule has 0 aliphatic heterocycles. The number of hydrogen-bond donors (Lipinski definition) is 1. The fourth-order valence-electron chi connectivity index (χ4n) is 2.84. The summed E-state index contributed by atoms with van der Waals surface area (Å²) in [5.41, 5.74) is 2.03. The average Bonchev–Trinajstić information content (AvgIpc) is 2.96. The van der Waals surface area contributed by atoms with Crippen molar-refractivity contribution in [2.24, 2.45) is 0 Å². The first-order valence-corrected chi connectivity index (χ1v) is 8.91. The Kier molecular flexibility index (Phi) is 5.06. The number of nitrogens with zero attached hydrogens (tertiary/aromatic N) is 2. The van der Waals surface area contributed by atoms with E-state index in [0.29, 0.717) is 12.6 Å². The summed E-state index contributed by atoms with van der Waals surface area (Å²) in [5.74, 6) is 0. The number of aromatic nitrogens is 2. The molecule has 0 bridgehead atoms. The van der Waals surface area contributed by atoms with Crippen molar-refractivity contribution in [2.45, 2.75) is 44.7 Å². The first kappa shape index (κ1) is 15.2. The fourth-order valence-corrected chi connectivity index (χ4v) is 3.76. The van der Waals surface area contributed by atoms with Gasteiger partial charge in [-0.05, 0) is 59.7 Å². The Labute approximate surface area is 144 Å². The predicted molar refractivity (Wildman–Crippen MR) is 95.8 cm³/mol. The molecule has 0 saturated heterocycles. The largest absolute Gasteiger partial charge is 0.378 e. The van der Waals surface area contributed by atoms with Gasteiger partial charge in [0.1, 0.15) is 0 Å². The van der Waals surface area contributed by atoms with E-state index < -0.39 is 0 Å². The maximum absolute atomic E-state index is 6.23. The lowest BCUT2D eigenvalue weighted by molar-refractivity contribution is 0.328. The number of rotatable bonds is 4. The lowest BCUT2D eigenvalue weighted by atomic mass is 9.96. The van der Waals surface area contributed by atoms with Crippen molar-refractivity contribution in [2.75, 3.05) is 5.32 Å². The third kappa shape index (κ3) is 3.92. The molecule has 0 amide bonds. The van der Waals surface area contributed by atoms with Crippen molar-refractivity contribution in [1.29, 1.82) is 0 Å². The third-order valence-electron chi connectivity index (χ3n) is 4.00. The van der Waals surface area contributed by atoms with Crippen LogP contribution < -0.4 is 5.32 Å². The Bertz CT molecular complexity index is 605. The Morgan fingerprint density at radius 2 is 2.05 bits per heavy atom. The van der Waals surface area contributed by atoms with Gasteiger partial charge in [0.05, 0.1) is 29.0 Å². The zero-order chi connectivity index (χ0) is 14.7. The monoisotopic (exact) mass is 415 g/mol. The van der Waals surface area contributed by atoms with Crippen LogP contribution in [0.25, 0.3) is 0 Å². The number of anilines is 1. The Balaban J connectivity index is 1.61. The Morgan fingerprint density at radius 3 is 2.81 bits per heavy atom. The van der Waals surface area contributed by atoms with Gasteiger partial charge in [-0.25, -0.2) is 0 Å². The molecular formula is C16H19ClIN3. The van der Waals surface area contributed by atoms with Crippen LogP contribution in [0.4, 0.5) is 5.69 Å². The lowest BCUT2D eigenvalue weighted by Gasteiger charge is -2.21. The standard InChI is InChI=1S/C16H19ClIN3/c17-15-10-12(18)6-7-16(15)19-11-13-8-9-21(20-13)14-4-2-1-3-5-14/h6-10,14,19H,1-5,11H2. The van der Waals surface area contributed by atoms with Crippen molar-refractivity contribution in [1.82, 2.24) is 9.78 Å². The summed E-state index contributed by atoms with van der Waals surface area (Å²) in [7, 11) is 0. The summed E-state index contributed by atoms with van der Waals surface area (Å²) in [5, 5.41) is 8.83. The van der Waals surface area contributed by atoms with Crippen LogP contribution in [0.1, 0.15) is 43.8 Å². The number of benzene rings is 1. The minimum Gasteiger partial charge on any atom is -0.378 e. The van der Waals surface area contributed by atoms with Gasteiger partial charge in [-0.2, -0.15) is 5.10 Å². The van der Waals surface area contributed by atoms with E-state index >= 15 is 0 Å². The van der Waals surface area contributed by atoms with E-state index in [9.17, 15) is 0 Å². The van der Waals surface area contributed by atoms with Crippen molar-refractivity contribution in [3.05, 3.63) is 44.7 Å². The zero-order valence-corrected chi connectivity index (χ0v) is 14.8. The summed E-state index contributed by atoms with van der Waals surface area (Å²) in [6.07, 6.45) is 8.67. The highest BCUT2D eigenvalue weighted by atomic mass is 127. The summed E-state index contributed by atoms with van der Waals surface area (Å²) < 4.78 is 3.29.